The Hall–Kier alpha value is -1.82. The molecule has 0 bridgehead atoms. The van der Waals surface area contributed by atoms with E-state index in [2.05, 4.69) is 13.8 Å². The molecule has 5 heteroatoms. The summed E-state index contributed by atoms with van der Waals surface area (Å²) in [7, 11) is 0. The standard InChI is InChI=1S/C20H22O4.2C4H9.Sn/c21-18(22)12-7-13-20(19(23)24,14-16-8-3-1-4-9-16)15-17-10-5-2-6-11-17;2*1-3-4-2;/h1-6,8-11H,7,12-15H2,(H,21,22)(H,23,24);2*1,3-4H2,2H3;/q;;;+2/p-2. The van der Waals surface area contributed by atoms with E-state index in [9.17, 15) is 19.8 Å². The van der Waals surface area contributed by atoms with Gasteiger partial charge in [-0.25, -0.2) is 0 Å². The number of benzene rings is 2. The van der Waals surface area contributed by atoms with Gasteiger partial charge in [-0.3, -0.25) is 0 Å². The fourth-order valence-corrected chi connectivity index (χ4v) is 7.92. The van der Waals surface area contributed by atoms with E-state index >= 15 is 0 Å². The molecule has 0 unspecified atom stereocenters. The van der Waals surface area contributed by atoms with Gasteiger partial charge in [0.25, 0.3) is 0 Å². The first kappa shape index (κ1) is 29.2. The zero-order chi connectivity index (χ0) is 24.4. The summed E-state index contributed by atoms with van der Waals surface area (Å²) in [5.74, 6) is -2.31. The van der Waals surface area contributed by atoms with Crippen LogP contribution in [0.15, 0.2) is 60.7 Å². The van der Waals surface area contributed by atoms with Crippen LogP contribution in [0.25, 0.3) is 0 Å². The van der Waals surface area contributed by atoms with Crippen LogP contribution >= 0.6 is 0 Å². The molecule has 2 aromatic carbocycles. The van der Waals surface area contributed by atoms with Crippen LogP contribution < -0.4 is 10.2 Å². The predicted molar refractivity (Wildman–Crippen MR) is 132 cm³/mol. The van der Waals surface area contributed by atoms with Crippen molar-refractivity contribution in [1.82, 2.24) is 0 Å². The molecule has 0 saturated heterocycles. The van der Waals surface area contributed by atoms with Crippen LogP contribution in [0.1, 0.15) is 69.9 Å². The van der Waals surface area contributed by atoms with Crippen molar-refractivity contribution in [2.24, 2.45) is 5.41 Å². The minimum absolute atomic E-state index is 0.149. The van der Waals surface area contributed by atoms with E-state index in [1.54, 1.807) is 8.87 Å². The summed E-state index contributed by atoms with van der Waals surface area (Å²) in [6.07, 6.45) is 6.77. The third-order valence-corrected chi connectivity index (χ3v) is 9.69. The van der Waals surface area contributed by atoms with Crippen molar-refractivity contribution in [2.75, 3.05) is 0 Å². The van der Waals surface area contributed by atoms with Crippen molar-refractivity contribution in [3.63, 3.8) is 0 Å². The molecule has 0 radical (unpaired) electrons. The first-order chi connectivity index (χ1) is 15.9. The minimum Gasteiger partial charge on any atom is -0.550 e. The number of aliphatic carboxylic acids is 2. The molecule has 0 amide bonds. The molecule has 4 nitrogen and oxygen atoms in total. The van der Waals surface area contributed by atoms with Crippen molar-refractivity contribution in [3.8, 4) is 0 Å². The molecule has 0 aliphatic heterocycles. The zero-order valence-corrected chi connectivity index (χ0v) is 23.0. The maximum atomic E-state index is 12.0. The molecule has 178 valence electrons. The molecule has 0 fully saturated rings. The Morgan fingerprint density at radius 3 is 1.58 bits per heavy atom. The summed E-state index contributed by atoms with van der Waals surface area (Å²) >= 11 is 0.149. The molecule has 0 N–H and O–H groups in total. The maximum Gasteiger partial charge on any atom is 0.0482 e. The largest absolute Gasteiger partial charge is 0.550 e. The molecule has 0 heterocycles. The summed E-state index contributed by atoms with van der Waals surface area (Å²) in [5.41, 5.74) is 0.648. The summed E-state index contributed by atoms with van der Waals surface area (Å²) in [5, 5.41) is 22.7. The number of rotatable bonds is 15. The van der Waals surface area contributed by atoms with Crippen LogP contribution in [-0.4, -0.2) is 33.1 Å². The first-order valence-corrected chi connectivity index (χ1v) is 16.2. The summed E-state index contributed by atoms with van der Waals surface area (Å²) in [4.78, 5) is 22.7. The van der Waals surface area contributed by atoms with Crippen molar-refractivity contribution < 1.29 is 19.8 Å². The van der Waals surface area contributed by atoms with Crippen molar-refractivity contribution in [2.45, 2.75) is 80.5 Å². The van der Waals surface area contributed by atoms with Crippen molar-refractivity contribution in [1.29, 1.82) is 0 Å². The SMILES string of the molecule is CCC[CH2][Sn+2][CH2]CCC.O=C([O-])CCCC(Cc1ccccc1)(Cc1ccccc1)C(=O)[O-]. The predicted octanol–water partition coefficient (Wildman–Crippen LogP) is 4.26. The second kappa shape index (κ2) is 17.6. The van der Waals surface area contributed by atoms with E-state index in [0.717, 1.165) is 11.1 Å². The Kier molecular flexibility index (Phi) is 15.6. The number of unbranched alkanes of at least 4 members (excludes halogenated alkanes) is 2. The topological polar surface area (TPSA) is 80.3 Å². The molecule has 0 aliphatic carbocycles. The van der Waals surface area contributed by atoms with Crippen LogP contribution in [0.5, 0.6) is 0 Å². The number of carbonyl (C=O) groups is 2. The van der Waals surface area contributed by atoms with Crippen LogP contribution in [0.3, 0.4) is 0 Å². The second-order valence-corrected chi connectivity index (χ2v) is 12.9. The Morgan fingerprint density at radius 1 is 0.758 bits per heavy atom. The molecule has 33 heavy (non-hydrogen) atoms. The average Bonchev–Trinajstić information content (AvgIpc) is 2.80. The van der Waals surface area contributed by atoms with E-state index in [1.807, 2.05) is 60.7 Å². The zero-order valence-electron chi connectivity index (χ0n) is 20.2. The molecule has 0 aromatic heterocycles. The number of carboxylic acid groups (broad SMARTS) is 2. The van der Waals surface area contributed by atoms with E-state index in [4.69, 9.17) is 0 Å². The van der Waals surface area contributed by atoms with Gasteiger partial charge >= 0.3 is 69.5 Å². The van der Waals surface area contributed by atoms with Crippen molar-refractivity contribution in [3.05, 3.63) is 71.8 Å². The average molecular weight is 557 g/mol. The maximum absolute atomic E-state index is 12.0. The van der Waals surface area contributed by atoms with Gasteiger partial charge in [-0.1, -0.05) is 60.7 Å². The third-order valence-electron chi connectivity index (χ3n) is 5.65. The Balaban J connectivity index is 0.000000513. The van der Waals surface area contributed by atoms with Crippen LogP contribution in [0.2, 0.25) is 8.87 Å². The van der Waals surface area contributed by atoms with E-state index in [0.29, 0.717) is 12.8 Å². The molecule has 0 atom stereocenters. The van der Waals surface area contributed by atoms with Gasteiger partial charge in [-0.05, 0) is 43.2 Å². The van der Waals surface area contributed by atoms with E-state index in [1.165, 1.54) is 25.7 Å². The number of carboxylic acids is 2. The van der Waals surface area contributed by atoms with Gasteiger partial charge in [-0.15, -0.1) is 0 Å². The van der Waals surface area contributed by atoms with Crippen LogP contribution in [0, 0.1) is 5.41 Å². The minimum atomic E-state index is -1.17. The number of carbonyl (C=O) groups excluding carboxylic acids is 2. The first-order valence-electron chi connectivity index (χ1n) is 12.1. The Morgan fingerprint density at radius 2 is 1.21 bits per heavy atom. The summed E-state index contributed by atoms with van der Waals surface area (Å²) < 4.78 is 3.25. The van der Waals surface area contributed by atoms with E-state index < -0.39 is 17.4 Å². The summed E-state index contributed by atoms with van der Waals surface area (Å²) in [6, 6.07) is 18.7. The van der Waals surface area contributed by atoms with Gasteiger partial charge in [-0.2, -0.15) is 0 Å². The quantitative estimate of drug-likeness (QED) is 0.242. The van der Waals surface area contributed by atoms with Gasteiger partial charge in [0, 0.05) is 17.4 Å². The monoisotopic (exact) mass is 558 g/mol. The van der Waals surface area contributed by atoms with E-state index in [-0.39, 0.29) is 40.4 Å². The molecule has 2 aromatic rings. The third kappa shape index (κ3) is 12.9. The molecule has 0 aliphatic rings. The smallest absolute Gasteiger partial charge is 0.0482 e. The van der Waals surface area contributed by atoms with Crippen LogP contribution in [0.4, 0.5) is 0 Å². The van der Waals surface area contributed by atoms with Crippen LogP contribution in [-0.2, 0) is 22.4 Å². The Bertz CT molecular complexity index is 729. The van der Waals surface area contributed by atoms with Gasteiger partial charge < -0.3 is 19.8 Å². The number of hydrogen-bond acceptors (Lipinski definition) is 4. The Labute approximate surface area is 210 Å². The number of hydrogen-bond donors (Lipinski definition) is 0. The summed E-state index contributed by atoms with van der Waals surface area (Å²) in [6.45, 7) is 4.58. The molecule has 2 rings (SSSR count). The van der Waals surface area contributed by atoms with Crippen molar-refractivity contribution >= 4 is 33.1 Å². The normalized spacial score (nSPS) is 10.6. The molecule has 0 spiro atoms. The fourth-order valence-electron chi connectivity index (χ4n) is 3.76. The van der Waals surface area contributed by atoms with Gasteiger partial charge in [0.15, 0.2) is 0 Å². The van der Waals surface area contributed by atoms with Gasteiger partial charge in [0.05, 0.1) is 0 Å². The second-order valence-electron chi connectivity index (χ2n) is 8.58. The van der Waals surface area contributed by atoms with Gasteiger partial charge in [0.1, 0.15) is 0 Å². The molecule has 0 saturated carbocycles. The van der Waals surface area contributed by atoms with Gasteiger partial charge in [0.2, 0.25) is 0 Å². The molecular formula is C28H38O4Sn. The fraction of sp³-hybridized carbons (Fsp3) is 0.500. The molecular weight excluding hydrogens is 519 g/mol.